The molecule has 43 heavy (non-hydrogen) atoms. The van der Waals surface area contributed by atoms with E-state index in [2.05, 4.69) is 83.6 Å². The number of hydrogen-bond donors (Lipinski definition) is 1. The van der Waals surface area contributed by atoms with E-state index in [1.807, 2.05) is 30.3 Å². The number of carbonyl (C=O) groups is 2. The zero-order valence-corrected chi connectivity index (χ0v) is 24.7. The van der Waals surface area contributed by atoms with Crippen LogP contribution in [0.2, 0.25) is 0 Å². The highest BCUT2D eigenvalue weighted by molar-refractivity contribution is 6.23. The summed E-state index contributed by atoms with van der Waals surface area (Å²) in [6.07, 6.45) is 7.38. The molecule has 5 aromatic carbocycles. The number of nitrogens with one attached hydrogen (secondary N) is 1. The second kappa shape index (κ2) is 14.9. The number of esters is 1. The van der Waals surface area contributed by atoms with E-state index >= 15 is 0 Å². The molecule has 0 radical (unpaired) electrons. The Bertz CT molecular complexity index is 1800. The zero-order chi connectivity index (χ0) is 29.9. The fourth-order valence-electron chi connectivity index (χ4n) is 5.64. The fraction of sp³-hybridized carbons (Fsp3) is 0.282. The van der Waals surface area contributed by atoms with Gasteiger partial charge in [0.1, 0.15) is 0 Å². The number of ether oxygens (including phenoxy) is 1. The van der Waals surface area contributed by atoms with E-state index in [-0.39, 0.29) is 12.5 Å². The molecule has 1 atom stereocenters. The largest absolute Gasteiger partial charge is 0.464 e. The minimum Gasteiger partial charge on any atom is -0.464 e. The third-order valence-corrected chi connectivity index (χ3v) is 7.79. The molecule has 4 nitrogen and oxygen atoms in total. The molecule has 1 amide bonds. The van der Waals surface area contributed by atoms with Crippen molar-refractivity contribution in [2.24, 2.45) is 0 Å². The summed E-state index contributed by atoms with van der Waals surface area (Å²) in [6.45, 7) is 2.04. The molecule has 5 rings (SSSR count). The van der Waals surface area contributed by atoms with E-state index in [4.69, 9.17) is 4.74 Å². The maximum absolute atomic E-state index is 12.5. The van der Waals surface area contributed by atoms with Crippen LogP contribution in [0.4, 0.5) is 0 Å². The number of carbonyl (C=O) groups excluding carboxylic acids is 2. The van der Waals surface area contributed by atoms with Gasteiger partial charge in [0.2, 0.25) is 5.91 Å². The highest BCUT2D eigenvalue weighted by Gasteiger charge is 2.23. The molecule has 0 unspecified atom stereocenters. The normalized spacial score (nSPS) is 11.5. The van der Waals surface area contributed by atoms with Crippen LogP contribution < -0.4 is 5.32 Å². The van der Waals surface area contributed by atoms with Crippen LogP contribution in [0.1, 0.15) is 75.5 Å². The highest BCUT2D eigenvalue weighted by Crippen LogP contribution is 2.35. The Morgan fingerprint density at radius 3 is 2.16 bits per heavy atom. The van der Waals surface area contributed by atoms with E-state index in [0.29, 0.717) is 6.42 Å². The molecule has 0 fully saturated rings. The van der Waals surface area contributed by atoms with Crippen LogP contribution in [0.15, 0.2) is 84.9 Å². The minimum atomic E-state index is -0.764. The first-order valence-corrected chi connectivity index (χ1v) is 15.3. The van der Waals surface area contributed by atoms with Crippen molar-refractivity contribution >= 4 is 44.2 Å². The summed E-state index contributed by atoms with van der Waals surface area (Å²) in [4.78, 5) is 24.8. The summed E-state index contributed by atoms with van der Waals surface area (Å²) in [5, 5.41) is 10.4. The van der Waals surface area contributed by atoms with E-state index in [0.717, 1.165) is 56.1 Å². The van der Waals surface area contributed by atoms with E-state index in [1.165, 1.54) is 32.3 Å². The summed E-state index contributed by atoms with van der Waals surface area (Å²) < 4.78 is 5.16. The summed E-state index contributed by atoms with van der Waals surface area (Å²) in [7, 11) is 0. The zero-order valence-electron chi connectivity index (χ0n) is 24.7. The van der Waals surface area contributed by atoms with Gasteiger partial charge in [-0.15, -0.1) is 0 Å². The molecule has 0 aliphatic carbocycles. The van der Waals surface area contributed by atoms with Gasteiger partial charge < -0.3 is 10.1 Å². The van der Waals surface area contributed by atoms with E-state index in [1.54, 1.807) is 6.92 Å². The van der Waals surface area contributed by atoms with Crippen LogP contribution in [0.3, 0.4) is 0 Å². The van der Waals surface area contributed by atoms with Crippen LogP contribution in [-0.4, -0.2) is 18.5 Å². The maximum atomic E-state index is 12.5. The standard InChI is InChI=1S/C39H37NO3/c1-2-43-39(42)38(33-18-13-11-14-19-33)40-35(41)22-15-10-8-6-4-3-5-7-9-12-17-29-23-24-32-26-25-30-20-16-21-31-27-28-34(29)37(32)36(30)31/h11,13-14,16,18-21,23-28,38H,2-6,8,10,15,22H2,1H3,(H,40,41)/t38-/m0/s1. The molecule has 0 aromatic heterocycles. The van der Waals surface area contributed by atoms with Crippen LogP contribution in [0.5, 0.6) is 0 Å². The Balaban J connectivity index is 1.01. The lowest BCUT2D eigenvalue weighted by molar-refractivity contribution is -0.147. The molecule has 0 aliphatic heterocycles. The monoisotopic (exact) mass is 567 g/mol. The Hall–Kier alpha value is -4.80. The van der Waals surface area contributed by atoms with Crippen molar-refractivity contribution in [1.29, 1.82) is 0 Å². The van der Waals surface area contributed by atoms with Gasteiger partial charge in [-0.05, 0) is 75.6 Å². The lowest BCUT2D eigenvalue weighted by Gasteiger charge is -2.17. The van der Waals surface area contributed by atoms with Gasteiger partial charge in [0, 0.05) is 18.4 Å². The lowest BCUT2D eigenvalue weighted by Crippen LogP contribution is -2.34. The average molecular weight is 568 g/mol. The molecule has 4 heteroatoms. The molecule has 0 saturated carbocycles. The van der Waals surface area contributed by atoms with Gasteiger partial charge in [0.15, 0.2) is 6.04 Å². The minimum absolute atomic E-state index is 0.125. The van der Waals surface area contributed by atoms with Gasteiger partial charge in [0.05, 0.1) is 6.61 Å². The van der Waals surface area contributed by atoms with Crippen molar-refractivity contribution in [2.75, 3.05) is 6.61 Å². The number of hydrogen-bond acceptors (Lipinski definition) is 3. The quantitative estimate of drug-likeness (QED) is 0.0712. The summed E-state index contributed by atoms with van der Waals surface area (Å²) >= 11 is 0. The van der Waals surface area contributed by atoms with Crippen molar-refractivity contribution in [3.05, 3.63) is 96.1 Å². The Morgan fingerprint density at radius 2 is 1.40 bits per heavy atom. The highest BCUT2D eigenvalue weighted by atomic mass is 16.5. The predicted octanol–water partition coefficient (Wildman–Crippen LogP) is 8.48. The second-order valence-electron chi connectivity index (χ2n) is 10.8. The van der Waals surface area contributed by atoms with Crippen LogP contribution in [0.25, 0.3) is 32.3 Å². The van der Waals surface area contributed by atoms with Gasteiger partial charge in [-0.2, -0.15) is 0 Å². The van der Waals surface area contributed by atoms with Gasteiger partial charge in [-0.25, -0.2) is 4.79 Å². The number of benzene rings is 5. The van der Waals surface area contributed by atoms with Crippen molar-refractivity contribution < 1.29 is 14.3 Å². The Morgan fingerprint density at radius 1 is 0.721 bits per heavy atom. The van der Waals surface area contributed by atoms with E-state index in [9.17, 15) is 9.59 Å². The number of amides is 1. The third kappa shape index (κ3) is 7.54. The third-order valence-electron chi connectivity index (χ3n) is 7.79. The molecule has 5 aromatic rings. The smallest absolute Gasteiger partial charge is 0.333 e. The van der Waals surface area contributed by atoms with Crippen LogP contribution in [0, 0.1) is 23.7 Å². The van der Waals surface area contributed by atoms with E-state index < -0.39 is 12.0 Å². The molecule has 0 bridgehead atoms. The maximum Gasteiger partial charge on any atom is 0.333 e. The lowest BCUT2D eigenvalue weighted by atomic mass is 9.92. The summed E-state index contributed by atoms with van der Waals surface area (Å²) in [5.41, 5.74) is 1.75. The molecule has 216 valence electrons. The number of unbranched alkanes of at least 4 members (excludes halogenated alkanes) is 6. The van der Waals surface area contributed by atoms with Gasteiger partial charge in [-0.1, -0.05) is 116 Å². The van der Waals surface area contributed by atoms with Crippen LogP contribution >= 0.6 is 0 Å². The van der Waals surface area contributed by atoms with Gasteiger partial charge >= 0.3 is 5.97 Å². The van der Waals surface area contributed by atoms with Crippen molar-refractivity contribution in [2.45, 2.75) is 64.3 Å². The SMILES string of the molecule is CCOC(=O)[C@@H](NC(=O)CCCCCCCCC#CC#Cc1ccc2ccc3cccc4ccc1c2c34)c1ccccc1. The molecule has 1 N–H and O–H groups in total. The first-order valence-electron chi connectivity index (χ1n) is 15.3. The summed E-state index contributed by atoms with van der Waals surface area (Å²) in [5.74, 6) is 12.0. The Kier molecular flexibility index (Phi) is 10.3. The summed E-state index contributed by atoms with van der Waals surface area (Å²) in [6, 6.07) is 27.9. The van der Waals surface area contributed by atoms with Crippen LogP contribution in [-0.2, 0) is 14.3 Å². The number of rotatable bonds is 12. The first kappa shape index (κ1) is 29.7. The van der Waals surface area contributed by atoms with Crippen molar-refractivity contribution in [1.82, 2.24) is 5.32 Å². The van der Waals surface area contributed by atoms with Gasteiger partial charge in [0.25, 0.3) is 0 Å². The topological polar surface area (TPSA) is 55.4 Å². The van der Waals surface area contributed by atoms with Crippen molar-refractivity contribution in [3.8, 4) is 23.7 Å². The molecule has 0 saturated heterocycles. The molecule has 0 heterocycles. The predicted molar refractivity (Wildman–Crippen MR) is 176 cm³/mol. The second-order valence-corrected chi connectivity index (χ2v) is 10.8. The molecule has 0 spiro atoms. The first-order chi connectivity index (χ1) is 21.2. The molecular formula is C39H37NO3. The molecule has 0 aliphatic rings. The fourth-order valence-corrected chi connectivity index (χ4v) is 5.64. The van der Waals surface area contributed by atoms with Crippen molar-refractivity contribution in [3.63, 3.8) is 0 Å². The average Bonchev–Trinajstić information content (AvgIpc) is 3.04. The van der Waals surface area contributed by atoms with Gasteiger partial charge in [-0.3, -0.25) is 4.79 Å². The Labute approximate surface area is 254 Å². The molecular weight excluding hydrogens is 530 g/mol.